The van der Waals surface area contributed by atoms with Crippen molar-refractivity contribution in [3.63, 3.8) is 0 Å². The molecule has 2 rings (SSSR count). The first-order chi connectivity index (χ1) is 7.99. The van der Waals surface area contributed by atoms with E-state index < -0.39 is 0 Å². The zero-order valence-electron chi connectivity index (χ0n) is 10.1. The van der Waals surface area contributed by atoms with Crippen LogP contribution in [0.4, 0.5) is 10.8 Å². The molecule has 92 valence electrons. The third kappa shape index (κ3) is 2.37. The molecule has 0 unspecified atom stereocenters. The maximum absolute atomic E-state index is 5.96. The molecular weight excluding hydrogens is 256 g/mol. The summed E-state index contributed by atoms with van der Waals surface area (Å²) in [6.45, 7) is 1.89. The lowest BCUT2D eigenvalue weighted by molar-refractivity contribution is 0.693. The number of nitrogens with two attached hydrogens (primary N) is 1. The van der Waals surface area contributed by atoms with E-state index >= 15 is 0 Å². The van der Waals surface area contributed by atoms with Gasteiger partial charge in [0.05, 0.1) is 11.4 Å². The topological polar surface area (TPSA) is 72.9 Å². The molecule has 0 fully saturated rings. The van der Waals surface area contributed by atoms with E-state index in [1.165, 1.54) is 23.1 Å². The van der Waals surface area contributed by atoms with Crippen molar-refractivity contribution in [2.45, 2.75) is 16.3 Å². The summed E-state index contributed by atoms with van der Waals surface area (Å²) in [4.78, 5) is 1.93. The predicted octanol–water partition coefficient (Wildman–Crippen LogP) is 1.38. The van der Waals surface area contributed by atoms with Crippen LogP contribution in [0.1, 0.15) is 5.69 Å². The average Bonchev–Trinajstić information content (AvgIpc) is 2.80. The fourth-order valence-corrected chi connectivity index (χ4v) is 3.09. The van der Waals surface area contributed by atoms with Crippen molar-refractivity contribution in [2.75, 3.05) is 24.7 Å². The SMILES string of the molecule is Cc1nn(C)c(Sc2nnc(N(C)C)s2)c1N. The number of nitrogens with zero attached hydrogens (tertiary/aromatic N) is 5. The first-order valence-electron chi connectivity index (χ1n) is 4.96. The molecular formula is C9H14N6S2. The third-order valence-electron chi connectivity index (χ3n) is 2.18. The number of aryl methyl sites for hydroxylation is 2. The van der Waals surface area contributed by atoms with Gasteiger partial charge in [-0.1, -0.05) is 11.3 Å². The van der Waals surface area contributed by atoms with Crippen molar-refractivity contribution >= 4 is 33.9 Å². The smallest absolute Gasteiger partial charge is 0.208 e. The Labute approximate surface area is 108 Å². The van der Waals surface area contributed by atoms with Gasteiger partial charge >= 0.3 is 0 Å². The lowest BCUT2D eigenvalue weighted by Crippen LogP contribution is -2.07. The van der Waals surface area contributed by atoms with Gasteiger partial charge in [-0.15, -0.1) is 10.2 Å². The van der Waals surface area contributed by atoms with Crippen LogP contribution in [0.2, 0.25) is 0 Å². The van der Waals surface area contributed by atoms with Crippen LogP contribution in [0.5, 0.6) is 0 Å². The average molecular weight is 270 g/mol. The van der Waals surface area contributed by atoms with Crippen LogP contribution in [0.3, 0.4) is 0 Å². The summed E-state index contributed by atoms with van der Waals surface area (Å²) in [6.07, 6.45) is 0. The summed E-state index contributed by atoms with van der Waals surface area (Å²) in [7, 11) is 5.76. The quantitative estimate of drug-likeness (QED) is 0.908. The molecule has 0 bridgehead atoms. The Morgan fingerprint density at radius 1 is 1.35 bits per heavy atom. The highest BCUT2D eigenvalue weighted by Crippen LogP contribution is 2.36. The minimum Gasteiger partial charge on any atom is -0.395 e. The zero-order valence-corrected chi connectivity index (χ0v) is 11.8. The summed E-state index contributed by atoms with van der Waals surface area (Å²) in [6, 6.07) is 0. The molecule has 0 aliphatic carbocycles. The summed E-state index contributed by atoms with van der Waals surface area (Å²) in [5.74, 6) is 0. The van der Waals surface area contributed by atoms with E-state index in [1.54, 1.807) is 4.68 Å². The number of hydrogen-bond acceptors (Lipinski definition) is 7. The van der Waals surface area contributed by atoms with Gasteiger partial charge in [-0.25, -0.2) is 0 Å². The summed E-state index contributed by atoms with van der Waals surface area (Å²) in [5, 5.41) is 14.3. The second-order valence-corrected chi connectivity index (χ2v) is 5.97. The second-order valence-electron chi connectivity index (χ2n) is 3.77. The first kappa shape index (κ1) is 12.2. The monoisotopic (exact) mass is 270 g/mol. The molecule has 0 aliphatic rings. The van der Waals surface area contributed by atoms with Crippen molar-refractivity contribution in [2.24, 2.45) is 7.05 Å². The maximum Gasteiger partial charge on any atom is 0.208 e. The highest BCUT2D eigenvalue weighted by Gasteiger charge is 2.14. The van der Waals surface area contributed by atoms with E-state index in [0.717, 1.165) is 20.2 Å². The molecule has 0 saturated heterocycles. The predicted molar refractivity (Wildman–Crippen MR) is 70.7 cm³/mol. The molecule has 2 aromatic heterocycles. The Balaban J connectivity index is 2.25. The number of rotatable bonds is 3. The number of anilines is 2. The lowest BCUT2D eigenvalue weighted by Gasteiger charge is -2.03. The van der Waals surface area contributed by atoms with Gasteiger partial charge in [0.25, 0.3) is 0 Å². The number of aromatic nitrogens is 4. The van der Waals surface area contributed by atoms with Gasteiger partial charge in [-0.05, 0) is 18.7 Å². The number of nitrogen functional groups attached to an aromatic ring is 1. The van der Waals surface area contributed by atoms with Gasteiger partial charge in [0.15, 0.2) is 4.34 Å². The van der Waals surface area contributed by atoms with Gasteiger partial charge in [0, 0.05) is 21.1 Å². The first-order valence-corrected chi connectivity index (χ1v) is 6.60. The molecule has 6 nitrogen and oxygen atoms in total. The van der Waals surface area contributed by atoms with Crippen molar-refractivity contribution < 1.29 is 0 Å². The Morgan fingerprint density at radius 3 is 2.53 bits per heavy atom. The molecule has 0 aromatic carbocycles. The van der Waals surface area contributed by atoms with Crippen LogP contribution in [-0.2, 0) is 7.05 Å². The third-order valence-corrected chi connectivity index (χ3v) is 4.50. The van der Waals surface area contributed by atoms with E-state index in [0.29, 0.717) is 5.69 Å². The van der Waals surface area contributed by atoms with Crippen molar-refractivity contribution in [3.05, 3.63) is 5.69 Å². The molecule has 0 amide bonds. The largest absolute Gasteiger partial charge is 0.395 e. The fourth-order valence-electron chi connectivity index (χ4n) is 1.28. The Bertz CT molecular complexity index is 530. The van der Waals surface area contributed by atoms with Crippen LogP contribution >= 0.6 is 23.1 Å². The van der Waals surface area contributed by atoms with Crippen LogP contribution in [0, 0.1) is 6.92 Å². The van der Waals surface area contributed by atoms with Crippen LogP contribution in [-0.4, -0.2) is 34.1 Å². The van der Waals surface area contributed by atoms with E-state index in [2.05, 4.69) is 15.3 Å². The molecule has 2 heterocycles. The number of hydrogen-bond donors (Lipinski definition) is 1. The molecule has 0 atom stereocenters. The normalized spacial score (nSPS) is 10.8. The molecule has 2 N–H and O–H groups in total. The highest BCUT2D eigenvalue weighted by atomic mass is 32.2. The van der Waals surface area contributed by atoms with E-state index in [1.807, 2.05) is 33.0 Å². The van der Waals surface area contributed by atoms with Crippen LogP contribution in [0.25, 0.3) is 0 Å². The molecule has 0 aliphatic heterocycles. The minimum atomic E-state index is 0.708. The van der Waals surface area contributed by atoms with Crippen molar-refractivity contribution in [1.82, 2.24) is 20.0 Å². The van der Waals surface area contributed by atoms with Gasteiger partial charge < -0.3 is 10.6 Å². The summed E-state index contributed by atoms with van der Waals surface area (Å²) >= 11 is 3.03. The van der Waals surface area contributed by atoms with E-state index in [-0.39, 0.29) is 0 Å². The van der Waals surface area contributed by atoms with Crippen molar-refractivity contribution in [1.29, 1.82) is 0 Å². The van der Waals surface area contributed by atoms with Gasteiger partial charge in [-0.3, -0.25) is 4.68 Å². The Kier molecular flexibility index (Phi) is 3.25. The minimum absolute atomic E-state index is 0.708. The lowest BCUT2D eigenvalue weighted by atomic mass is 10.4. The molecule has 8 heteroatoms. The fraction of sp³-hybridized carbons (Fsp3) is 0.444. The molecule has 0 radical (unpaired) electrons. The van der Waals surface area contributed by atoms with Gasteiger partial charge in [0.1, 0.15) is 5.03 Å². The van der Waals surface area contributed by atoms with Gasteiger partial charge in [0.2, 0.25) is 5.13 Å². The highest BCUT2D eigenvalue weighted by molar-refractivity contribution is 8.01. The van der Waals surface area contributed by atoms with Crippen LogP contribution < -0.4 is 10.6 Å². The van der Waals surface area contributed by atoms with Crippen molar-refractivity contribution in [3.8, 4) is 0 Å². The molecule has 17 heavy (non-hydrogen) atoms. The summed E-state index contributed by atoms with van der Waals surface area (Å²) < 4.78 is 2.63. The zero-order chi connectivity index (χ0) is 12.6. The molecule has 0 spiro atoms. The summed E-state index contributed by atoms with van der Waals surface area (Å²) in [5.41, 5.74) is 7.51. The molecule has 0 saturated carbocycles. The Morgan fingerprint density at radius 2 is 2.06 bits per heavy atom. The molecule has 2 aromatic rings. The van der Waals surface area contributed by atoms with E-state index in [4.69, 9.17) is 5.73 Å². The van der Waals surface area contributed by atoms with Gasteiger partial charge in [-0.2, -0.15) is 5.10 Å². The maximum atomic E-state index is 5.96. The van der Waals surface area contributed by atoms with Crippen LogP contribution in [0.15, 0.2) is 9.37 Å². The standard InChI is InChI=1S/C9H14N6S2/c1-5-6(10)7(15(4)13-5)16-9-12-11-8(17-9)14(2)3/h10H2,1-4H3. The Hall–Kier alpha value is -1.28. The van der Waals surface area contributed by atoms with E-state index in [9.17, 15) is 0 Å². The second kappa shape index (κ2) is 4.53.